The molecule has 0 aromatic carbocycles. The van der Waals surface area contributed by atoms with E-state index in [4.69, 9.17) is 10.2 Å². The smallest absolute Gasteiger partial charge is 0.183 e. The molecule has 12 nitrogen and oxygen atoms in total. The van der Waals surface area contributed by atoms with Crippen molar-refractivity contribution < 1.29 is 62.3 Å². The van der Waals surface area contributed by atoms with Gasteiger partial charge in [0.1, 0.15) is 39.6 Å². The van der Waals surface area contributed by atoms with E-state index in [9.17, 15) is 49.2 Å². The third kappa shape index (κ3) is 13.1. The zero-order valence-corrected chi connectivity index (χ0v) is 63.1. The van der Waals surface area contributed by atoms with Gasteiger partial charge in [-0.3, -0.25) is 28.8 Å². The number of hydrogen-bond acceptors (Lipinski definition) is 12. The quantitative estimate of drug-likeness (QED) is 0.0445. The molecule has 12 aliphatic rings. The van der Waals surface area contributed by atoms with Crippen molar-refractivity contribution in [2.24, 2.45) is 187 Å². The molecule has 12 rings (SSSR count). The van der Waals surface area contributed by atoms with Gasteiger partial charge in [0.15, 0.2) is 34.7 Å². The van der Waals surface area contributed by atoms with Crippen molar-refractivity contribution in [3.05, 3.63) is 99.2 Å². The first-order valence-corrected chi connectivity index (χ1v) is 39.8. The lowest BCUT2D eigenvalue weighted by molar-refractivity contribution is -0.152. The first kappa shape index (κ1) is 79.8. The third-order valence-electron chi connectivity index (χ3n) is 32.0. The lowest BCUT2D eigenvalue weighted by Crippen LogP contribution is -2.54. The van der Waals surface area contributed by atoms with Crippen molar-refractivity contribution in [3.63, 3.8) is 0 Å². The average Bonchev–Trinajstić information content (AvgIpc) is 1.52. The van der Waals surface area contributed by atoms with Gasteiger partial charge in [0.2, 0.25) is 0 Å². The van der Waals surface area contributed by atoms with Crippen molar-refractivity contribution in [2.45, 2.75) is 185 Å². The summed E-state index contributed by atoms with van der Waals surface area (Å²) >= 11 is 0. The van der Waals surface area contributed by atoms with Crippen LogP contribution in [0, 0.1) is 187 Å². The second kappa shape index (κ2) is 32.6. The Morgan fingerprint density at radius 2 is 0.720 bits per heavy atom. The van der Waals surface area contributed by atoms with E-state index in [1.165, 1.54) is 32.1 Å². The molecule has 6 N–H and O–H groups in total. The molecular weight excluding hydrogens is 1250 g/mol. The SMILES string of the molecule is C=CC1CC(C=C)C2C1CC(C(=O)CO)(C1C3C(C=C)CC(C=C)C3CC1(C)C(=O)CO)C2C.C=CC1CC(C=C)C2CC(C(=O)CO)=CC12.CCC1CC(CC)C2C1CC(C(=O)CO)(C1C3C(CC)CC(CC)C3CC1(C)C(=O)CO)C2C.CCC1CC(CC)C2CC(C(=O)CO)=CC12.[2HH].[2HH]. The Bertz CT molecular complexity index is 3110. The topological polar surface area (TPSA) is 224 Å². The Labute approximate surface area is 605 Å². The maximum absolute atomic E-state index is 14.1. The molecule has 100 heavy (non-hydrogen) atoms. The molecule has 12 aliphatic carbocycles. The van der Waals surface area contributed by atoms with E-state index in [0.29, 0.717) is 102 Å². The van der Waals surface area contributed by atoms with E-state index < -0.39 is 48.1 Å². The zero-order chi connectivity index (χ0) is 73.4. The largest absolute Gasteiger partial charge is 0.389 e. The van der Waals surface area contributed by atoms with Crippen molar-refractivity contribution in [1.82, 2.24) is 0 Å². The van der Waals surface area contributed by atoms with Crippen LogP contribution in [0.25, 0.3) is 0 Å². The molecule has 10 fully saturated rings. The monoisotopic (exact) mass is 1390 g/mol. The molecule has 0 aromatic heterocycles. The van der Waals surface area contributed by atoms with Gasteiger partial charge in [-0.05, 0) is 254 Å². The van der Waals surface area contributed by atoms with Gasteiger partial charge in [-0.2, -0.15) is 0 Å². The number of rotatable bonds is 26. The van der Waals surface area contributed by atoms with Crippen LogP contribution in [0.2, 0.25) is 0 Å². The first-order chi connectivity index (χ1) is 47.8. The lowest BCUT2D eigenvalue weighted by Gasteiger charge is -2.49. The van der Waals surface area contributed by atoms with Crippen LogP contribution in [0.15, 0.2) is 99.2 Å². The van der Waals surface area contributed by atoms with E-state index >= 15 is 0 Å². The van der Waals surface area contributed by atoms with Gasteiger partial charge in [-0.25, -0.2) is 0 Å². The highest BCUT2D eigenvalue weighted by atomic mass is 16.3. The van der Waals surface area contributed by atoms with Gasteiger partial charge in [-0.15, -0.1) is 39.5 Å². The van der Waals surface area contributed by atoms with Crippen molar-refractivity contribution in [3.8, 4) is 0 Å². The first-order valence-electron chi connectivity index (χ1n) is 39.8. The van der Waals surface area contributed by atoms with Crippen LogP contribution < -0.4 is 0 Å². The molecule has 0 bridgehead atoms. The fourth-order valence-electron chi connectivity index (χ4n) is 27.6. The number of aliphatic hydroxyl groups excluding tert-OH is 6. The Morgan fingerprint density at radius 1 is 0.380 bits per heavy atom. The normalized spacial score (nSPS) is 45.6. The summed E-state index contributed by atoms with van der Waals surface area (Å²) in [5, 5.41) is 58.7. The summed E-state index contributed by atoms with van der Waals surface area (Å²) in [7, 11) is 0. The van der Waals surface area contributed by atoms with E-state index in [1.54, 1.807) is 0 Å². The summed E-state index contributed by atoms with van der Waals surface area (Å²) in [4.78, 5) is 78.0. The second-order valence-electron chi connectivity index (χ2n) is 34.8. The standard InChI is InChI=1S/C30H50O4.C30H42O4.C14H22O2.C14H18O2.2H2/c2*1-7-18-12-21(10-4)27-22(18)13-29(6,24(33)15-31)28(27)30(25(34)16-32)14-23-19(8-2)11-20(9-3)26(23)17(30)5;2*1-3-9-5-10(4-2)13-7-11(6-12(9)13)14(16)8-15;;/h17-23,26-28,31-32H,7-16H2,1-6H3;7-10,17-23,26-28,31-32H,1-4,11-16H2,5-6H3;6,9-10,12-13,15H,3-5,7-8H2,1-2H3;3-4,6,9-10,12-13,15H,1-2,5,7-8H2;2*1H/i;;;;2*1+1. The molecule has 32 atom stereocenters. The van der Waals surface area contributed by atoms with Crippen molar-refractivity contribution >= 4 is 34.7 Å². The highest BCUT2D eigenvalue weighted by molar-refractivity contribution is 5.97. The zero-order valence-electron chi connectivity index (χ0n) is 63.1. The molecule has 0 aromatic rings. The van der Waals surface area contributed by atoms with Crippen LogP contribution >= 0.6 is 0 Å². The average molecular weight is 1390 g/mol. The molecule has 32 unspecified atom stereocenters. The summed E-state index contributed by atoms with van der Waals surface area (Å²) in [6, 6.07) is 0. The molecular formula is C88H136O12. The lowest BCUT2D eigenvalue weighted by atomic mass is 9.52. The van der Waals surface area contributed by atoms with Gasteiger partial charge in [0, 0.05) is 24.5 Å². The Hall–Kier alpha value is -4.30. The fourth-order valence-corrected chi connectivity index (χ4v) is 27.6. The molecule has 0 saturated heterocycles. The van der Waals surface area contributed by atoms with Crippen LogP contribution in [0.1, 0.15) is 188 Å². The molecule has 560 valence electrons. The number of Topliss-reactive ketones (excluding diaryl/α,β-unsaturated/α-hetero) is 6. The minimum Gasteiger partial charge on any atom is -0.389 e. The van der Waals surface area contributed by atoms with Crippen LogP contribution in [0.3, 0.4) is 0 Å². The minimum atomic E-state index is -0.835. The summed E-state index contributed by atoms with van der Waals surface area (Å²) in [6.07, 6.45) is 34.7. The Morgan fingerprint density at radius 3 is 1.16 bits per heavy atom. The molecule has 0 spiro atoms. The van der Waals surface area contributed by atoms with Gasteiger partial charge in [-0.1, -0.05) is 156 Å². The van der Waals surface area contributed by atoms with E-state index in [0.717, 1.165) is 93.6 Å². The highest BCUT2D eigenvalue weighted by Crippen LogP contribution is 2.76. The van der Waals surface area contributed by atoms with Gasteiger partial charge < -0.3 is 30.6 Å². The third-order valence-corrected chi connectivity index (χ3v) is 32.0. The van der Waals surface area contributed by atoms with Crippen LogP contribution in [0.4, 0.5) is 0 Å². The summed E-state index contributed by atoms with van der Waals surface area (Å²) in [5.74, 6) is 9.96. The fraction of sp³-hybridized carbons (Fsp3) is 0.750. The van der Waals surface area contributed by atoms with Crippen molar-refractivity contribution in [1.29, 1.82) is 0 Å². The van der Waals surface area contributed by atoms with Crippen LogP contribution in [0.5, 0.6) is 0 Å². The highest BCUT2D eigenvalue weighted by Gasteiger charge is 2.75. The number of carbonyl (C=O) groups excluding carboxylic acids is 6. The second-order valence-corrected chi connectivity index (χ2v) is 34.8. The molecule has 0 amide bonds. The molecule has 10 saturated carbocycles. The van der Waals surface area contributed by atoms with Crippen molar-refractivity contribution in [2.75, 3.05) is 39.6 Å². The number of allylic oxidation sites excluding steroid dienone is 8. The number of aliphatic hydroxyl groups is 6. The van der Waals surface area contributed by atoms with Gasteiger partial charge in [0.25, 0.3) is 0 Å². The van der Waals surface area contributed by atoms with Gasteiger partial charge in [0.05, 0.1) is 0 Å². The van der Waals surface area contributed by atoms with Gasteiger partial charge >= 0.3 is 0 Å². The number of carbonyl (C=O) groups is 6. The number of fused-ring (bicyclic) bond motifs is 6. The van der Waals surface area contributed by atoms with E-state index in [-0.39, 0.29) is 116 Å². The molecule has 0 radical (unpaired) electrons. The van der Waals surface area contributed by atoms with E-state index in [1.807, 2.05) is 43.4 Å². The van der Waals surface area contributed by atoms with E-state index in [2.05, 4.69) is 114 Å². The number of hydrogen-bond donors (Lipinski definition) is 6. The summed E-state index contributed by atoms with van der Waals surface area (Å²) in [6.45, 7) is 43.7. The number of ketones is 6. The molecule has 0 aliphatic heterocycles. The predicted octanol–water partition coefficient (Wildman–Crippen LogP) is 15.4. The van der Waals surface area contributed by atoms with Crippen LogP contribution in [-0.2, 0) is 28.8 Å². The predicted molar refractivity (Wildman–Crippen MR) is 401 cm³/mol. The van der Waals surface area contributed by atoms with Crippen LogP contribution in [-0.4, -0.2) is 105 Å². The molecule has 0 heterocycles. The minimum absolute atomic E-state index is 0. The maximum atomic E-state index is 14.1. The summed E-state index contributed by atoms with van der Waals surface area (Å²) in [5.41, 5.74) is -1.31. The summed E-state index contributed by atoms with van der Waals surface area (Å²) < 4.78 is 0. The molecule has 12 heteroatoms. The Balaban J connectivity index is 0.000000200. The Kier molecular flexibility index (Phi) is 26.0. The maximum Gasteiger partial charge on any atom is 0.183 e.